The van der Waals surface area contributed by atoms with Crippen LogP contribution < -0.4 is 5.32 Å². The Balaban J connectivity index is 2.07. The number of carbonyl (C=O) groups excluding carboxylic acids is 1. The molecule has 1 unspecified atom stereocenters. The number of hydrogen-bond donors (Lipinski definition) is 1. The molecular formula is C13H24N2O. The van der Waals surface area contributed by atoms with E-state index in [2.05, 4.69) is 31.0 Å². The predicted molar refractivity (Wildman–Crippen MR) is 65.2 cm³/mol. The summed E-state index contributed by atoms with van der Waals surface area (Å²) >= 11 is 0. The number of carbonyl (C=O) groups is 1. The number of hydrogen-bond acceptors (Lipinski definition) is 2. The zero-order chi connectivity index (χ0) is 11.8. The van der Waals surface area contributed by atoms with Crippen molar-refractivity contribution >= 4 is 5.91 Å². The molecule has 0 aromatic heterocycles. The molecule has 3 nitrogen and oxygen atoms in total. The molecule has 1 amide bonds. The van der Waals surface area contributed by atoms with Crippen molar-refractivity contribution in [3.05, 3.63) is 0 Å². The van der Waals surface area contributed by atoms with Crippen molar-refractivity contribution in [2.24, 2.45) is 5.41 Å². The molecule has 0 saturated carbocycles. The Kier molecular flexibility index (Phi) is 2.99. The Labute approximate surface area is 98.6 Å². The van der Waals surface area contributed by atoms with E-state index in [-0.39, 0.29) is 5.54 Å². The molecule has 16 heavy (non-hydrogen) atoms. The molecule has 0 spiro atoms. The van der Waals surface area contributed by atoms with Crippen LogP contribution in [-0.4, -0.2) is 36.0 Å². The third-order valence-electron chi connectivity index (χ3n) is 4.22. The van der Waals surface area contributed by atoms with Gasteiger partial charge in [0.15, 0.2) is 0 Å². The lowest BCUT2D eigenvalue weighted by Gasteiger charge is -2.32. The Bertz CT molecular complexity index is 280. The monoisotopic (exact) mass is 224 g/mol. The summed E-state index contributed by atoms with van der Waals surface area (Å²) in [6.07, 6.45) is 4.21. The van der Waals surface area contributed by atoms with Crippen molar-refractivity contribution < 1.29 is 4.79 Å². The lowest BCUT2D eigenvalue weighted by Crippen LogP contribution is -2.54. The average Bonchev–Trinajstić information content (AvgIpc) is 2.84. The SMILES string of the molecule is CCC1(C(=O)N2CCC(C)(C)C2)CCCN1. The van der Waals surface area contributed by atoms with Crippen LogP contribution in [0.3, 0.4) is 0 Å². The Morgan fingerprint density at radius 2 is 2.12 bits per heavy atom. The summed E-state index contributed by atoms with van der Waals surface area (Å²) in [5.41, 5.74) is 0.0730. The van der Waals surface area contributed by atoms with E-state index in [0.717, 1.165) is 45.3 Å². The largest absolute Gasteiger partial charge is 0.341 e. The Hall–Kier alpha value is -0.570. The van der Waals surface area contributed by atoms with Crippen LogP contribution in [0.15, 0.2) is 0 Å². The van der Waals surface area contributed by atoms with Gasteiger partial charge in [0.25, 0.3) is 0 Å². The number of nitrogens with one attached hydrogen (secondary N) is 1. The summed E-state index contributed by atoms with van der Waals surface area (Å²) in [6.45, 7) is 9.49. The zero-order valence-electron chi connectivity index (χ0n) is 10.8. The minimum atomic E-state index is -0.236. The summed E-state index contributed by atoms with van der Waals surface area (Å²) in [6, 6.07) is 0. The minimum absolute atomic E-state index is 0.236. The van der Waals surface area contributed by atoms with Gasteiger partial charge in [-0.1, -0.05) is 20.8 Å². The highest BCUT2D eigenvalue weighted by atomic mass is 16.2. The van der Waals surface area contributed by atoms with Crippen molar-refractivity contribution in [3.63, 3.8) is 0 Å². The molecule has 1 N–H and O–H groups in total. The molecule has 3 heteroatoms. The first-order valence-corrected chi connectivity index (χ1v) is 6.54. The van der Waals surface area contributed by atoms with Crippen LogP contribution in [0, 0.1) is 5.41 Å². The van der Waals surface area contributed by atoms with Crippen LogP contribution in [0.1, 0.15) is 46.5 Å². The lowest BCUT2D eigenvalue weighted by molar-refractivity contribution is -0.137. The number of rotatable bonds is 2. The normalized spacial score (nSPS) is 33.3. The van der Waals surface area contributed by atoms with Gasteiger partial charge in [0, 0.05) is 13.1 Å². The van der Waals surface area contributed by atoms with E-state index in [1.54, 1.807) is 0 Å². The fourth-order valence-corrected chi connectivity index (χ4v) is 3.03. The Morgan fingerprint density at radius 3 is 2.56 bits per heavy atom. The lowest BCUT2D eigenvalue weighted by atomic mass is 9.91. The van der Waals surface area contributed by atoms with Gasteiger partial charge in [0.1, 0.15) is 0 Å². The van der Waals surface area contributed by atoms with Gasteiger partial charge in [-0.3, -0.25) is 4.79 Å². The number of nitrogens with zero attached hydrogens (tertiary/aromatic N) is 1. The molecule has 2 heterocycles. The number of amides is 1. The van der Waals surface area contributed by atoms with Crippen molar-refractivity contribution in [2.45, 2.75) is 52.0 Å². The minimum Gasteiger partial charge on any atom is -0.341 e. The highest BCUT2D eigenvalue weighted by Gasteiger charge is 2.44. The molecule has 0 bridgehead atoms. The Morgan fingerprint density at radius 1 is 1.38 bits per heavy atom. The molecule has 0 aromatic rings. The molecule has 2 rings (SSSR count). The molecule has 0 aromatic carbocycles. The van der Waals surface area contributed by atoms with Crippen LogP contribution in [-0.2, 0) is 4.79 Å². The van der Waals surface area contributed by atoms with E-state index in [9.17, 15) is 4.79 Å². The van der Waals surface area contributed by atoms with E-state index in [0.29, 0.717) is 11.3 Å². The van der Waals surface area contributed by atoms with E-state index in [1.165, 1.54) is 0 Å². The van der Waals surface area contributed by atoms with E-state index in [4.69, 9.17) is 0 Å². The molecule has 1 atom stereocenters. The van der Waals surface area contributed by atoms with Crippen LogP contribution in [0.5, 0.6) is 0 Å². The molecule has 2 aliphatic rings. The second-order valence-corrected chi connectivity index (χ2v) is 6.11. The fraction of sp³-hybridized carbons (Fsp3) is 0.923. The zero-order valence-corrected chi connectivity index (χ0v) is 10.8. The first-order valence-electron chi connectivity index (χ1n) is 6.54. The van der Waals surface area contributed by atoms with Crippen molar-refractivity contribution in [1.82, 2.24) is 10.2 Å². The molecule has 0 aliphatic carbocycles. The fourth-order valence-electron chi connectivity index (χ4n) is 3.03. The summed E-state index contributed by atoms with van der Waals surface area (Å²) in [5.74, 6) is 0.345. The van der Waals surface area contributed by atoms with Crippen LogP contribution in [0.2, 0.25) is 0 Å². The van der Waals surface area contributed by atoms with Crippen molar-refractivity contribution in [3.8, 4) is 0 Å². The molecular weight excluding hydrogens is 200 g/mol. The molecule has 0 radical (unpaired) electrons. The van der Waals surface area contributed by atoms with E-state index < -0.39 is 0 Å². The van der Waals surface area contributed by atoms with Gasteiger partial charge in [-0.2, -0.15) is 0 Å². The molecule has 2 saturated heterocycles. The highest BCUT2D eigenvalue weighted by molar-refractivity contribution is 5.87. The quantitative estimate of drug-likeness (QED) is 0.775. The predicted octanol–water partition coefficient (Wildman–Crippen LogP) is 1.78. The maximum atomic E-state index is 12.6. The van der Waals surface area contributed by atoms with Crippen LogP contribution >= 0.6 is 0 Å². The third-order valence-corrected chi connectivity index (χ3v) is 4.22. The topological polar surface area (TPSA) is 32.3 Å². The van der Waals surface area contributed by atoms with Crippen LogP contribution in [0.25, 0.3) is 0 Å². The summed E-state index contributed by atoms with van der Waals surface area (Å²) in [5, 5.41) is 3.43. The summed E-state index contributed by atoms with van der Waals surface area (Å²) < 4.78 is 0. The standard InChI is InChI=1S/C13H24N2O/c1-4-13(6-5-8-14-13)11(16)15-9-7-12(2,3)10-15/h14H,4-10H2,1-3H3. The smallest absolute Gasteiger partial charge is 0.242 e. The second-order valence-electron chi connectivity index (χ2n) is 6.11. The summed E-state index contributed by atoms with van der Waals surface area (Å²) in [7, 11) is 0. The molecule has 92 valence electrons. The van der Waals surface area contributed by atoms with Gasteiger partial charge in [-0.25, -0.2) is 0 Å². The third kappa shape index (κ3) is 1.97. The molecule has 2 aliphatic heterocycles. The van der Waals surface area contributed by atoms with E-state index >= 15 is 0 Å². The van der Waals surface area contributed by atoms with Gasteiger partial charge < -0.3 is 10.2 Å². The van der Waals surface area contributed by atoms with Gasteiger partial charge >= 0.3 is 0 Å². The maximum Gasteiger partial charge on any atom is 0.242 e. The first kappa shape index (κ1) is 11.9. The van der Waals surface area contributed by atoms with Crippen LogP contribution in [0.4, 0.5) is 0 Å². The van der Waals surface area contributed by atoms with Gasteiger partial charge in [-0.15, -0.1) is 0 Å². The van der Waals surface area contributed by atoms with Gasteiger partial charge in [-0.05, 0) is 37.6 Å². The molecule has 2 fully saturated rings. The van der Waals surface area contributed by atoms with Crippen molar-refractivity contribution in [2.75, 3.05) is 19.6 Å². The maximum absolute atomic E-state index is 12.6. The second kappa shape index (κ2) is 4.02. The van der Waals surface area contributed by atoms with Crippen molar-refractivity contribution in [1.29, 1.82) is 0 Å². The van der Waals surface area contributed by atoms with Gasteiger partial charge in [0.2, 0.25) is 5.91 Å². The van der Waals surface area contributed by atoms with Gasteiger partial charge in [0.05, 0.1) is 5.54 Å². The average molecular weight is 224 g/mol. The van der Waals surface area contributed by atoms with E-state index in [1.807, 2.05) is 0 Å². The highest BCUT2D eigenvalue weighted by Crippen LogP contribution is 2.33. The summed E-state index contributed by atoms with van der Waals surface area (Å²) in [4.78, 5) is 14.6. The number of likely N-dealkylation sites (tertiary alicyclic amines) is 1. The first-order chi connectivity index (χ1) is 7.49.